The van der Waals surface area contributed by atoms with Gasteiger partial charge in [-0.15, -0.1) is 0 Å². The molecule has 1 aliphatic rings. The Kier molecular flexibility index (Phi) is 10.5. The van der Waals surface area contributed by atoms with Gasteiger partial charge in [-0.1, -0.05) is 41.9 Å². The second-order valence-corrected chi connectivity index (χ2v) is 10.7. The van der Waals surface area contributed by atoms with Gasteiger partial charge in [0.05, 0.1) is 7.11 Å². The van der Waals surface area contributed by atoms with E-state index in [0.29, 0.717) is 58.0 Å². The van der Waals surface area contributed by atoms with Crippen molar-refractivity contribution in [1.82, 2.24) is 4.90 Å². The number of hydrogen-bond donors (Lipinski definition) is 1. The third-order valence-electron chi connectivity index (χ3n) is 7.16. The van der Waals surface area contributed by atoms with E-state index in [2.05, 4.69) is 5.32 Å². The van der Waals surface area contributed by atoms with E-state index in [1.165, 1.54) is 13.2 Å². The fraction of sp³-hybridized carbons (Fsp3) is 0.235. The first-order valence-corrected chi connectivity index (χ1v) is 14.1. The van der Waals surface area contributed by atoms with Crippen LogP contribution in [-0.4, -0.2) is 49.4 Å². The van der Waals surface area contributed by atoms with Crippen LogP contribution in [0.3, 0.4) is 0 Å². The van der Waals surface area contributed by atoms with E-state index in [0.717, 1.165) is 24.7 Å². The van der Waals surface area contributed by atoms with Gasteiger partial charge in [0.25, 0.3) is 0 Å². The summed E-state index contributed by atoms with van der Waals surface area (Å²) in [5.74, 6) is 0.367. The number of ketones is 1. The summed E-state index contributed by atoms with van der Waals surface area (Å²) in [5.41, 5.74) is 3.32. The minimum Gasteiger partial charge on any atom is -0.495 e. The van der Waals surface area contributed by atoms with Crippen molar-refractivity contribution < 1.29 is 23.9 Å². The summed E-state index contributed by atoms with van der Waals surface area (Å²) in [6.45, 7) is 0. The van der Waals surface area contributed by atoms with Crippen molar-refractivity contribution >= 4 is 47.1 Å². The number of likely N-dealkylation sites (N-methyl/N-ethyl adjacent to an activating group) is 1. The maximum atomic E-state index is 13.6. The van der Waals surface area contributed by atoms with Crippen molar-refractivity contribution in [1.29, 1.82) is 0 Å². The van der Waals surface area contributed by atoms with Crippen LogP contribution in [0.2, 0.25) is 5.02 Å². The number of methoxy groups -OCH3 is 1. The molecule has 0 heterocycles. The highest BCUT2D eigenvalue weighted by Gasteiger charge is 2.28. The van der Waals surface area contributed by atoms with Gasteiger partial charge in [0.15, 0.2) is 5.78 Å². The molecule has 1 aliphatic carbocycles. The number of ether oxygens (including phenoxy) is 1. The summed E-state index contributed by atoms with van der Waals surface area (Å²) in [6.07, 6.45) is 7.23. The molecule has 0 bridgehead atoms. The Hall–Kier alpha value is -4.49. The SMILES string of the molecule is COC(=C/N(C)C(Cc1ccccc1)C(=O)Nc1ccc(C=O)cc1)/C(=C\C=O)c1cc(Cl)ccc1C(=O)CC1CC1. The van der Waals surface area contributed by atoms with Crippen LogP contribution in [0.4, 0.5) is 5.69 Å². The number of allylic oxidation sites excluding steroid dienone is 2. The van der Waals surface area contributed by atoms with E-state index in [9.17, 15) is 19.2 Å². The van der Waals surface area contributed by atoms with E-state index >= 15 is 0 Å². The Labute approximate surface area is 250 Å². The number of carbonyl (C=O) groups is 4. The van der Waals surface area contributed by atoms with Crippen molar-refractivity contribution in [2.24, 2.45) is 5.92 Å². The molecule has 1 fully saturated rings. The lowest BCUT2D eigenvalue weighted by atomic mass is 9.93. The highest BCUT2D eigenvalue weighted by Crippen LogP contribution is 2.36. The third kappa shape index (κ3) is 8.04. The average Bonchev–Trinajstić information content (AvgIpc) is 3.82. The number of halogens is 1. The van der Waals surface area contributed by atoms with Crippen LogP contribution in [0.25, 0.3) is 5.57 Å². The summed E-state index contributed by atoms with van der Waals surface area (Å²) >= 11 is 6.35. The molecular formula is C34H33ClN2O5. The van der Waals surface area contributed by atoms with Crippen LogP contribution in [0.1, 0.15) is 51.1 Å². The quantitative estimate of drug-likeness (QED) is 0.0776. The second-order valence-electron chi connectivity index (χ2n) is 10.3. The lowest BCUT2D eigenvalue weighted by Crippen LogP contribution is -2.41. The summed E-state index contributed by atoms with van der Waals surface area (Å²) in [6, 6.07) is 20.5. The van der Waals surface area contributed by atoms with E-state index in [1.807, 2.05) is 30.3 Å². The first-order valence-electron chi connectivity index (χ1n) is 13.7. The van der Waals surface area contributed by atoms with Gasteiger partial charge in [0.2, 0.25) is 5.91 Å². The van der Waals surface area contributed by atoms with Gasteiger partial charge in [0.1, 0.15) is 24.4 Å². The van der Waals surface area contributed by atoms with Crippen LogP contribution in [0.5, 0.6) is 0 Å². The number of amides is 1. The molecular weight excluding hydrogens is 552 g/mol. The van der Waals surface area contributed by atoms with Gasteiger partial charge in [-0.2, -0.15) is 0 Å². The first kappa shape index (κ1) is 30.5. The largest absolute Gasteiger partial charge is 0.495 e. The fourth-order valence-electron chi connectivity index (χ4n) is 4.69. The van der Waals surface area contributed by atoms with Crippen molar-refractivity contribution in [2.75, 3.05) is 19.5 Å². The Morgan fingerprint density at radius 1 is 1.02 bits per heavy atom. The van der Waals surface area contributed by atoms with Gasteiger partial charge in [-0.25, -0.2) is 0 Å². The lowest BCUT2D eigenvalue weighted by Gasteiger charge is -2.27. The molecule has 1 unspecified atom stereocenters. The van der Waals surface area contributed by atoms with Crippen molar-refractivity contribution in [2.45, 2.75) is 31.7 Å². The lowest BCUT2D eigenvalue weighted by molar-refractivity contribution is -0.120. The summed E-state index contributed by atoms with van der Waals surface area (Å²) < 4.78 is 5.76. The molecule has 1 N–H and O–H groups in total. The van der Waals surface area contributed by atoms with Crippen LogP contribution < -0.4 is 5.32 Å². The maximum absolute atomic E-state index is 13.6. The van der Waals surface area contributed by atoms with Gasteiger partial charge in [0, 0.05) is 53.5 Å². The molecule has 0 saturated heterocycles. The van der Waals surface area contributed by atoms with Gasteiger partial charge >= 0.3 is 0 Å². The first-order chi connectivity index (χ1) is 20.3. The summed E-state index contributed by atoms with van der Waals surface area (Å²) in [7, 11) is 3.22. The Bertz CT molecular complexity index is 1490. The number of nitrogens with zero attached hydrogens (tertiary/aromatic N) is 1. The molecule has 8 heteroatoms. The minimum absolute atomic E-state index is 0.0216. The highest BCUT2D eigenvalue weighted by atomic mass is 35.5. The van der Waals surface area contributed by atoms with Crippen LogP contribution in [0.15, 0.2) is 90.8 Å². The highest BCUT2D eigenvalue weighted by molar-refractivity contribution is 6.31. The van der Waals surface area contributed by atoms with Gasteiger partial charge in [-0.3, -0.25) is 19.2 Å². The number of carbonyl (C=O) groups excluding carboxylic acids is 4. The molecule has 0 radical (unpaired) electrons. The predicted octanol–water partition coefficient (Wildman–Crippen LogP) is 6.39. The molecule has 1 saturated carbocycles. The molecule has 216 valence electrons. The number of Topliss-reactive ketones (excluding diaryl/α,β-unsaturated/α-hetero) is 1. The molecule has 7 nitrogen and oxygen atoms in total. The monoisotopic (exact) mass is 584 g/mol. The number of anilines is 1. The second kappa shape index (κ2) is 14.4. The third-order valence-corrected chi connectivity index (χ3v) is 7.40. The van der Waals surface area contributed by atoms with Gasteiger partial charge in [-0.05, 0) is 78.4 Å². The number of hydrogen-bond acceptors (Lipinski definition) is 6. The number of rotatable bonds is 14. The molecule has 0 spiro atoms. The van der Waals surface area contributed by atoms with E-state index in [-0.39, 0.29) is 17.4 Å². The molecule has 1 amide bonds. The summed E-state index contributed by atoms with van der Waals surface area (Å²) in [4.78, 5) is 51.4. The van der Waals surface area contributed by atoms with E-state index in [4.69, 9.17) is 16.3 Å². The molecule has 3 aromatic carbocycles. The number of aldehydes is 2. The zero-order valence-electron chi connectivity index (χ0n) is 23.6. The molecule has 4 rings (SSSR count). The van der Waals surface area contributed by atoms with Crippen molar-refractivity contribution in [3.8, 4) is 0 Å². The Balaban J connectivity index is 1.69. The molecule has 0 aliphatic heterocycles. The normalized spacial score (nSPS) is 14.1. The number of benzene rings is 3. The molecule has 1 atom stereocenters. The number of nitrogens with one attached hydrogen (secondary N) is 1. The van der Waals surface area contributed by atoms with Crippen molar-refractivity contribution in [3.05, 3.63) is 118 Å². The van der Waals surface area contributed by atoms with Crippen LogP contribution in [-0.2, 0) is 20.7 Å². The smallest absolute Gasteiger partial charge is 0.247 e. The van der Waals surface area contributed by atoms with Crippen LogP contribution in [0, 0.1) is 5.92 Å². The maximum Gasteiger partial charge on any atom is 0.247 e. The standard InChI is InChI=1S/C34H33ClN2O5/c1-37(31(18-23-6-4-3-5-7-23)34(41)36-27-13-10-25(22-39)11-14-27)21-33(42-2)29(16-17-38)30-20-26(35)12-15-28(30)32(40)19-24-8-9-24/h3-7,10-17,20-22,24,31H,8-9,18-19H2,1-2H3,(H,36,41)/b29-16-,33-21+. The molecule has 0 aromatic heterocycles. The Morgan fingerprint density at radius 3 is 2.36 bits per heavy atom. The predicted molar refractivity (Wildman–Crippen MR) is 164 cm³/mol. The van der Waals surface area contributed by atoms with Crippen LogP contribution >= 0.6 is 11.6 Å². The zero-order chi connectivity index (χ0) is 30.1. The van der Waals surface area contributed by atoms with Crippen molar-refractivity contribution in [3.63, 3.8) is 0 Å². The molecule has 3 aromatic rings. The molecule has 42 heavy (non-hydrogen) atoms. The van der Waals surface area contributed by atoms with E-state index < -0.39 is 6.04 Å². The fourth-order valence-corrected chi connectivity index (χ4v) is 4.86. The zero-order valence-corrected chi connectivity index (χ0v) is 24.3. The minimum atomic E-state index is -0.684. The van der Waals surface area contributed by atoms with E-state index in [1.54, 1.807) is 60.6 Å². The van der Waals surface area contributed by atoms with Gasteiger partial charge < -0.3 is 15.0 Å². The summed E-state index contributed by atoms with van der Waals surface area (Å²) in [5, 5.41) is 3.34. The Morgan fingerprint density at radius 2 is 1.74 bits per heavy atom. The topological polar surface area (TPSA) is 92.8 Å². The average molecular weight is 585 g/mol.